The van der Waals surface area contributed by atoms with Crippen molar-refractivity contribution in [1.82, 2.24) is 0 Å². The lowest BCUT2D eigenvalue weighted by Gasteiger charge is -2.13. The first-order valence-electron chi connectivity index (χ1n) is 6.03. The van der Waals surface area contributed by atoms with Crippen molar-refractivity contribution >= 4 is 0 Å². The standard InChI is InChI=1S/C14F8N2O2/c15-5-3(6(16)10(20)13(9(5)19)25-1-23)4-7(17)11(21)14(26-2-24)12(22)8(4)18. The summed E-state index contributed by atoms with van der Waals surface area (Å²) in [6.45, 7) is 0. The summed E-state index contributed by atoms with van der Waals surface area (Å²) in [5.41, 5.74) is -4.30. The predicted octanol–water partition coefficient (Wildman–Crippen LogP) is 4.19. The van der Waals surface area contributed by atoms with Crippen LogP contribution in [0.5, 0.6) is 11.5 Å². The van der Waals surface area contributed by atoms with Crippen molar-refractivity contribution < 1.29 is 44.6 Å². The topological polar surface area (TPSA) is 66.0 Å². The molecule has 134 valence electrons. The quantitative estimate of drug-likeness (QED) is 0.455. The summed E-state index contributed by atoms with van der Waals surface area (Å²) in [5.74, 6) is -23.3. The number of halogens is 8. The van der Waals surface area contributed by atoms with Crippen LogP contribution >= 0.6 is 0 Å². The van der Waals surface area contributed by atoms with Crippen LogP contribution in [-0.4, -0.2) is 0 Å². The number of benzene rings is 2. The van der Waals surface area contributed by atoms with Crippen molar-refractivity contribution in [2.24, 2.45) is 0 Å². The molecule has 12 heteroatoms. The van der Waals surface area contributed by atoms with Crippen molar-refractivity contribution in [3.8, 4) is 35.1 Å². The first-order valence-corrected chi connectivity index (χ1v) is 6.03. The smallest absolute Gasteiger partial charge is 0.292 e. The molecule has 0 saturated heterocycles. The van der Waals surface area contributed by atoms with Crippen LogP contribution in [0, 0.1) is 69.6 Å². The summed E-state index contributed by atoms with van der Waals surface area (Å²) >= 11 is 0. The zero-order valence-electron chi connectivity index (χ0n) is 11.7. The lowest BCUT2D eigenvalue weighted by Crippen LogP contribution is -2.09. The van der Waals surface area contributed by atoms with Gasteiger partial charge in [-0.05, 0) is 0 Å². The summed E-state index contributed by atoms with van der Waals surface area (Å²) in [6, 6.07) is 0. The molecule has 26 heavy (non-hydrogen) atoms. The number of hydrogen-bond donors (Lipinski definition) is 0. The van der Waals surface area contributed by atoms with Gasteiger partial charge in [-0.2, -0.15) is 17.6 Å². The molecule has 0 saturated carbocycles. The van der Waals surface area contributed by atoms with Gasteiger partial charge in [0.2, 0.25) is 34.8 Å². The Kier molecular flexibility index (Phi) is 4.88. The van der Waals surface area contributed by atoms with Crippen molar-refractivity contribution in [2.75, 3.05) is 0 Å². The first-order chi connectivity index (χ1) is 12.2. The Labute approximate surface area is 138 Å². The lowest BCUT2D eigenvalue weighted by atomic mass is 10.0. The van der Waals surface area contributed by atoms with Gasteiger partial charge >= 0.3 is 0 Å². The lowest BCUT2D eigenvalue weighted by molar-refractivity contribution is 0.369. The van der Waals surface area contributed by atoms with Gasteiger partial charge in [-0.1, -0.05) is 0 Å². The van der Waals surface area contributed by atoms with E-state index in [1.807, 2.05) is 0 Å². The van der Waals surface area contributed by atoms with E-state index in [1.165, 1.54) is 0 Å². The Morgan fingerprint density at radius 1 is 0.462 bits per heavy atom. The summed E-state index contributed by atoms with van der Waals surface area (Å²) in [7, 11) is 0. The summed E-state index contributed by atoms with van der Waals surface area (Å²) < 4.78 is 118. The van der Waals surface area contributed by atoms with Gasteiger partial charge in [0.05, 0.1) is 11.1 Å². The Morgan fingerprint density at radius 2 is 0.692 bits per heavy atom. The summed E-state index contributed by atoms with van der Waals surface area (Å²) in [5, 5.41) is 16.3. The molecule has 0 radical (unpaired) electrons. The minimum Gasteiger partial charge on any atom is -0.381 e. The van der Waals surface area contributed by atoms with Crippen LogP contribution in [-0.2, 0) is 0 Å². The average molecular weight is 380 g/mol. The zero-order chi connectivity index (χ0) is 19.8. The van der Waals surface area contributed by atoms with E-state index >= 15 is 0 Å². The molecule has 0 fully saturated rings. The van der Waals surface area contributed by atoms with Crippen molar-refractivity contribution in [3.05, 3.63) is 46.5 Å². The molecule has 0 amide bonds. The van der Waals surface area contributed by atoms with Gasteiger partial charge in [-0.15, -0.1) is 10.5 Å². The van der Waals surface area contributed by atoms with E-state index in [0.29, 0.717) is 12.5 Å². The van der Waals surface area contributed by atoms with Crippen LogP contribution in [0.3, 0.4) is 0 Å². The zero-order valence-corrected chi connectivity index (χ0v) is 11.7. The van der Waals surface area contributed by atoms with E-state index in [1.54, 1.807) is 0 Å². The van der Waals surface area contributed by atoms with Crippen LogP contribution < -0.4 is 9.47 Å². The maximum absolute atomic E-state index is 14.0. The monoisotopic (exact) mass is 380 g/mol. The molecular formula is C14F8N2O2. The molecule has 2 rings (SSSR count). The third-order valence-corrected chi connectivity index (χ3v) is 2.99. The van der Waals surface area contributed by atoms with Gasteiger partial charge in [-0.3, -0.25) is 0 Å². The highest BCUT2D eigenvalue weighted by Gasteiger charge is 2.35. The molecule has 2 aromatic rings. The van der Waals surface area contributed by atoms with Crippen molar-refractivity contribution in [2.45, 2.75) is 0 Å². The molecule has 0 aliphatic carbocycles. The van der Waals surface area contributed by atoms with Gasteiger partial charge in [-0.25, -0.2) is 17.6 Å². The molecular weight excluding hydrogens is 380 g/mol. The fraction of sp³-hybridized carbons (Fsp3) is 0. The van der Waals surface area contributed by atoms with E-state index < -0.39 is 69.2 Å². The second-order valence-corrected chi connectivity index (χ2v) is 4.31. The molecule has 0 aliphatic rings. The van der Waals surface area contributed by atoms with E-state index in [9.17, 15) is 35.1 Å². The fourth-order valence-electron chi connectivity index (χ4n) is 1.93. The summed E-state index contributed by atoms with van der Waals surface area (Å²) in [6.07, 6.45) is 1.43. The minimum absolute atomic E-state index is 0.713. The molecule has 0 atom stereocenters. The third kappa shape index (κ3) is 2.61. The number of hydrogen-bond acceptors (Lipinski definition) is 4. The van der Waals surface area contributed by atoms with Gasteiger partial charge < -0.3 is 9.47 Å². The van der Waals surface area contributed by atoms with E-state index in [4.69, 9.17) is 10.5 Å². The van der Waals surface area contributed by atoms with Crippen LogP contribution in [0.1, 0.15) is 0 Å². The first kappa shape index (κ1) is 18.8. The van der Waals surface area contributed by atoms with Gasteiger partial charge in [0.25, 0.3) is 12.5 Å². The van der Waals surface area contributed by atoms with E-state index in [0.717, 1.165) is 0 Å². The summed E-state index contributed by atoms with van der Waals surface area (Å²) in [4.78, 5) is 0. The average Bonchev–Trinajstić information content (AvgIpc) is 2.62. The van der Waals surface area contributed by atoms with Crippen LogP contribution in [0.4, 0.5) is 35.1 Å². The maximum Gasteiger partial charge on any atom is 0.292 e. The SMILES string of the molecule is N#COc1c(F)c(F)c(-c2c(F)c(F)c(OC#N)c(F)c2F)c(F)c1F. The molecule has 0 N–H and O–H groups in total. The Balaban J connectivity index is 2.96. The number of nitriles is 2. The largest absolute Gasteiger partial charge is 0.381 e. The van der Waals surface area contributed by atoms with Crippen molar-refractivity contribution in [1.29, 1.82) is 10.5 Å². The second kappa shape index (κ2) is 6.76. The van der Waals surface area contributed by atoms with Crippen LogP contribution in [0.15, 0.2) is 0 Å². The van der Waals surface area contributed by atoms with E-state index in [2.05, 4.69) is 9.47 Å². The molecule has 0 unspecified atom stereocenters. The molecule has 0 aliphatic heterocycles. The van der Waals surface area contributed by atoms with Gasteiger partial charge in [0.1, 0.15) is 0 Å². The molecule has 0 aromatic heterocycles. The predicted molar refractivity (Wildman–Crippen MR) is 64.0 cm³/mol. The minimum atomic E-state index is -2.50. The number of nitrogens with zero attached hydrogens (tertiary/aromatic N) is 2. The highest BCUT2D eigenvalue weighted by atomic mass is 19.2. The Morgan fingerprint density at radius 3 is 0.885 bits per heavy atom. The van der Waals surface area contributed by atoms with Gasteiger partial charge in [0, 0.05) is 0 Å². The molecule has 2 aromatic carbocycles. The maximum atomic E-state index is 14.0. The molecule has 0 spiro atoms. The molecule has 0 heterocycles. The highest BCUT2D eigenvalue weighted by molar-refractivity contribution is 5.69. The Hall–Kier alpha value is -3.54. The van der Waals surface area contributed by atoms with Crippen LogP contribution in [0.2, 0.25) is 0 Å². The van der Waals surface area contributed by atoms with Crippen LogP contribution in [0.25, 0.3) is 11.1 Å². The van der Waals surface area contributed by atoms with E-state index in [-0.39, 0.29) is 0 Å². The third-order valence-electron chi connectivity index (χ3n) is 2.99. The highest BCUT2D eigenvalue weighted by Crippen LogP contribution is 2.41. The normalized spacial score (nSPS) is 10.2. The van der Waals surface area contributed by atoms with Crippen molar-refractivity contribution in [3.63, 3.8) is 0 Å². The number of rotatable bonds is 3. The van der Waals surface area contributed by atoms with Gasteiger partial charge in [0.15, 0.2) is 23.3 Å². The molecule has 4 nitrogen and oxygen atoms in total. The number of ether oxygens (including phenoxy) is 2. The fourth-order valence-corrected chi connectivity index (χ4v) is 1.93. The second-order valence-electron chi connectivity index (χ2n) is 4.31. The molecule has 0 bridgehead atoms. The Bertz CT molecular complexity index is 870.